The zero-order valence-electron chi connectivity index (χ0n) is 7.82. The van der Waals surface area contributed by atoms with Crippen molar-refractivity contribution in [2.45, 2.75) is 0 Å². The summed E-state index contributed by atoms with van der Waals surface area (Å²) in [6.07, 6.45) is 4.50. The zero-order chi connectivity index (χ0) is 10.8. The highest BCUT2D eigenvalue weighted by atomic mass is 19.1. The fraction of sp³-hybridized carbons (Fsp3) is 0. The van der Waals surface area contributed by atoms with Crippen molar-refractivity contribution in [1.29, 1.82) is 0 Å². The SMILES string of the molecule is C=Cc1cc(F)cc(F)c1-n1cccn1. The normalized spacial score (nSPS) is 10.3. The molecule has 1 aromatic heterocycles. The van der Waals surface area contributed by atoms with E-state index in [0.29, 0.717) is 5.56 Å². The third-order valence-electron chi connectivity index (χ3n) is 2.01. The highest BCUT2D eigenvalue weighted by molar-refractivity contribution is 5.59. The summed E-state index contributed by atoms with van der Waals surface area (Å²) in [4.78, 5) is 0. The molecule has 0 saturated heterocycles. The van der Waals surface area contributed by atoms with Gasteiger partial charge in [-0.05, 0) is 12.1 Å². The van der Waals surface area contributed by atoms with Gasteiger partial charge in [0.2, 0.25) is 0 Å². The van der Waals surface area contributed by atoms with Gasteiger partial charge in [0.15, 0.2) is 5.82 Å². The van der Waals surface area contributed by atoms with Crippen molar-refractivity contribution >= 4 is 6.08 Å². The molecule has 0 spiro atoms. The molecular formula is C11H8F2N2. The number of hydrogen-bond acceptors (Lipinski definition) is 1. The van der Waals surface area contributed by atoms with Crippen LogP contribution in [-0.2, 0) is 0 Å². The van der Waals surface area contributed by atoms with Crippen molar-refractivity contribution in [1.82, 2.24) is 9.78 Å². The first kappa shape index (κ1) is 9.58. The van der Waals surface area contributed by atoms with E-state index in [9.17, 15) is 8.78 Å². The number of halogens is 2. The van der Waals surface area contributed by atoms with Crippen molar-refractivity contribution < 1.29 is 8.78 Å². The summed E-state index contributed by atoms with van der Waals surface area (Å²) in [6, 6.07) is 3.70. The predicted molar refractivity (Wildman–Crippen MR) is 53.6 cm³/mol. The molecule has 0 aliphatic heterocycles. The summed E-state index contributed by atoms with van der Waals surface area (Å²) in [5, 5.41) is 3.89. The molecule has 0 aliphatic carbocycles. The smallest absolute Gasteiger partial charge is 0.152 e. The van der Waals surface area contributed by atoms with Gasteiger partial charge in [0, 0.05) is 24.0 Å². The number of benzene rings is 1. The lowest BCUT2D eigenvalue weighted by Crippen LogP contribution is -2.02. The molecule has 0 N–H and O–H groups in total. The molecule has 0 unspecified atom stereocenters. The summed E-state index contributed by atoms with van der Waals surface area (Å²) in [6.45, 7) is 3.51. The Morgan fingerprint density at radius 1 is 1.33 bits per heavy atom. The van der Waals surface area contributed by atoms with Crippen molar-refractivity contribution in [2.24, 2.45) is 0 Å². The zero-order valence-corrected chi connectivity index (χ0v) is 7.82. The van der Waals surface area contributed by atoms with Gasteiger partial charge >= 0.3 is 0 Å². The molecule has 15 heavy (non-hydrogen) atoms. The lowest BCUT2D eigenvalue weighted by Gasteiger charge is -2.07. The van der Waals surface area contributed by atoms with Gasteiger partial charge in [-0.15, -0.1) is 0 Å². The summed E-state index contributed by atoms with van der Waals surface area (Å²) in [5.41, 5.74) is 0.576. The van der Waals surface area contributed by atoms with Gasteiger partial charge in [-0.2, -0.15) is 5.10 Å². The molecule has 4 heteroatoms. The minimum Gasteiger partial charge on any atom is -0.237 e. The van der Waals surface area contributed by atoms with E-state index in [4.69, 9.17) is 0 Å². The van der Waals surface area contributed by atoms with Crippen molar-refractivity contribution in [3.63, 3.8) is 0 Å². The third kappa shape index (κ3) is 1.66. The average molecular weight is 206 g/mol. The van der Waals surface area contributed by atoms with Gasteiger partial charge < -0.3 is 0 Å². The van der Waals surface area contributed by atoms with Crippen molar-refractivity contribution in [2.75, 3.05) is 0 Å². The standard InChI is InChI=1S/C11H8F2N2/c1-2-8-6-9(12)7-10(13)11(8)15-5-3-4-14-15/h2-7H,1H2. The molecule has 0 aliphatic rings. The maximum absolute atomic E-state index is 13.5. The monoisotopic (exact) mass is 206 g/mol. The summed E-state index contributed by atoms with van der Waals surface area (Å²) < 4.78 is 27.8. The topological polar surface area (TPSA) is 17.8 Å². The van der Waals surface area contributed by atoms with E-state index in [0.717, 1.165) is 6.07 Å². The summed E-state index contributed by atoms with van der Waals surface area (Å²) in [7, 11) is 0. The molecule has 0 radical (unpaired) electrons. The fourth-order valence-corrected chi connectivity index (χ4v) is 1.38. The Morgan fingerprint density at radius 2 is 2.13 bits per heavy atom. The van der Waals surface area contributed by atoms with Gasteiger partial charge in [0.1, 0.15) is 11.5 Å². The molecule has 76 valence electrons. The molecule has 1 aromatic carbocycles. The molecule has 0 saturated carbocycles. The average Bonchev–Trinajstić information content (AvgIpc) is 2.69. The van der Waals surface area contributed by atoms with Gasteiger partial charge in [0.25, 0.3) is 0 Å². The summed E-state index contributed by atoms with van der Waals surface area (Å²) >= 11 is 0. The van der Waals surface area contributed by atoms with Crippen LogP contribution in [0, 0.1) is 11.6 Å². The largest absolute Gasteiger partial charge is 0.237 e. The molecule has 2 rings (SSSR count). The number of aromatic nitrogens is 2. The van der Waals surface area contributed by atoms with E-state index < -0.39 is 11.6 Å². The van der Waals surface area contributed by atoms with E-state index >= 15 is 0 Å². The molecule has 0 bridgehead atoms. The predicted octanol–water partition coefficient (Wildman–Crippen LogP) is 2.79. The first-order chi connectivity index (χ1) is 7.22. The molecule has 1 heterocycles. The van der Waals surface area contributed by atoms with Crippen LogP contribution >= 0.6 is 0 Å². The second-order valence-electron chi connectivity index (χ2n) is 2.98. The molecule has 0 amide bonds. The first-order valence-electron chi connectivity index (χ1n) is 4.34. The second kappa shape index (κ2) is 3.65. The van der Waals surface area contributed by atoms with Crippen LogP contribution < -0.4 is 0 Å². The van der Waals surface area contributed by atoms with Crippen LogP contribution in [-0.4, -0.2) is 9.78 Å². The van der Waals surface area contributed by atoms with Crippen LogP contribution in [0.25, 0.3) is 11.8 Å². The highest BCUT2D eigenvalue weighted by Gasteiger charge is 2.11. The van der Waals surface area contributed by atoms with Gasteiger partial charge in [-0.25, -0.2) is 13.5 Å². The van der Waals surface area contributed by atoms with Crippen LogP contribution in [0.3, 0.4) is 0 Å². The number of rotatable bonds is 2. The maximum Gasteiger partial charge on any atom is 0.152 e. The molecule has 2 nitrogen and oxygen atoms in total. The van der Waals surface area contributed by atoms with Crippen molar-refractivity contribution in [3.05, 3.63) is 54.4 Å². The van der Waals surface area contributed by atoms with Crippen LogP contribution in [0.1, 0.15) is 5.56 Å². The van der Waals surface area contributed by atoms with E-state index in [-0.39, 0.29) is 5.69 Å². The van der Waals surface area contributed by atoms with Gasteiger partial charge in [-0.3, -0.25) is 0 Å². The fourth-order valence-electron chi connectivity index (χ4n) is 1.38. The third-order valence-corrected chi connectivity index (χ3v) is 2.01. The van der Waals surface area contributed by atoms with E-state index in [2.05, 4.69) is 11.7 Å². The maximum atomic E-state index is 13.5. The molecule has 0 fully saturated rings. The Balaban J connectivity index is 2.69. The quantitative estimate of drug-likeness (QED) is 0.738. The van der Waals surface area contributed by atoms with Crippen LogP contribution in [0.4, 0.5) is 8.78 Å². The van der Waals surface area contributed by atoms with E-state index in [1.807, 2.05) is 0 Å². The van der Waals surface area contributed by atoms with E-state index in [1.54, 1.807) is 12.3 Å². The number of hydrogen-bond donors (Lipinski definition) is 0. The molecule has 2 aromatic rings. The van der Waals surface area contributed by atoms with E-state index in [1.165, 1.54) is 23.0 Å². The Hall–Kier alpha value is -1.97. The Bertz CT molecular complexity index is 490. The summed E-state index contributed by atoms with van der Waals surface area (Å²) in [5.74, 6) is -1.29. The molecular weight excluding hydrogens is 198 g/mol. The minimum atomic E-state index is -0.659. The minimum absolute atomic E-state index is 0.205. The van der Waals surface area contributed by atoms with Gasteiger partial charge in [0.05, 0.1) is 0 Å². The van der Waals surface area contributed by atoms with Crippen molar-refractivity contribution in [3.8, 4) is 5.69 Å². The molecule has 0 atom stereocenters. The van der Waals surface area contributed by atoms with Crippen LogP contribution in [0.5, 0.6) is 0 Å². The highest BCUT2D eigenvalue weighted by Crippen LogP contribution is 2.20. The van der Waals surface area contributed by atoms with Crippen LogP contribution in [0.15, 0.2) is 37.2 Å². The second-order valence-corrected chi connectivity index (χ2v) is 2.98. The van der Waals surface area contributed by atoms with Crippen LogP contribution in [0.2, 0.25) is 0 Å². The van der Waals surface area contributed by atoms with Gasteiger partial charge in [-0.1, -0.05) is 12.7 Å². The lowest BCUT2D eigenvalue weighted by molar-refractivity contribution is 0.573. The lowest BCUT2D eigenvalue weighted by atomic mass is 10.1. The Morgan fingerprint density at radius 3 is 2.73 bits per heavy atom. The first-order valence-corrected chi connectivity index (χ1v) is 4.34. The Labute approximate surface area is 85.5 Å². The number of nitrogens with zero attached hydrogens (tertiary/aromatic N) is 2. The Kier molecular flexibility index (Phi) is 2.33.